The fourth-order valence-electron chi connectivity index (χ4n) is 3.54. The second kappa shape index (κ2) is 12.2. The van der Waals surface area contributed by atoms with E-state index in [9.17, 15) is 14.7 Å². The van der Waals surface area contributed by atoms with Crippen LogP contribution in [0, 0.1) is 11.5 Å². The first kappa shape index (κ1) is 24.5. The maximum absolute atomic E-state index is 12.8. The van der Waals surface area contributed by atoms with E-state index < -0.39 is 17.9 Å². The molecule has 34 heavy (non-hydrogen) atoms. The van der Waals surface area contributed by atoms with Crippen molar-refractivity contribution in [1.82, 2.24) is 10.6 Å². The lowest BCUT2D eigenvalue weighted by molar-refractivity contribution is -0.139. The van der Waals surface area contributed by atoms with Gasteiger partial charge in [0.1, 0.15) is 6.04 Å². The van der Waals surface area contributed by atoms with Crippen molar-refractivity contribution in [2.45, 2.75) is 24.8 Å². The Hall–Kier alpha value is -4.16. The zero-order valence-corrected chi connectivity index (χ0v) is 19.2. The molecular formula is C25H25N5O3S. The molecule has 174 valence electrons. The number of nitrogens with zero attached hydrogens (tertiary/aromatic N) is 2. The number of hydrogen-bond acceptors (Lipinski definition) is 5. The Morgan fingerprint density at radius 1 is 1.03 bits per heavy atom. The van der Waals surface area contributed by atoms with Crippen molar-refractivity contribution in [3.8, 4) is 6.19 Å². The van der Waals surface area contributed by atoms with E-state index in [1.165, 1.54) is 11.3 Å². The Kier molecular flexibility index (Phi) is 8.77. The number of carbonyl (C=O) groups excluding carboxylic acids is 1. The number of amides is 1. The number of benzene rings is 2. The average Bonchev–Trinajstić information content (AvgIpc) is 3.32. The van der Waals surface area contributed by atoms with Crippen LogP contribution in [-0.4, -0.2) is 35.5 Å². The Morgan fingerprint density at radius 3 is 2.21 bits per heavy atom. The van der Waals surface area contributed by atoms with Crippen LogP contribution < -0.4 is 16.4 Å². The first-order valence-corrected chi connectivity index (χ1v) is 11.5. The molecule has 0 aliphatic carbocycles. The molecule has 0 bridgehead atoms. The quantitative estimate of drug-likeness (QED) is 0.153. The summed E-state index contributed by atoms with van der Waals surface area (Å²) in [5, 5.41) is 23.3. The van der Waals surface area contributed by atoms with Gasteiger partial charge in [-0.3, -0.25) is 4.79 Å². The summed E-state index contributed by atoms with van der Waals surface area (Å²) in [6.45, 7) is 0.329. The Bertz CT molecular complexity index is 1130. The summed E-state index contributed by atoms with van der Waals surface area (Å²) in [6.07, 6.45) is 2.17. The van der Waals surface area contributed by atoms with E-state index in [4.69, 9.17) is 11.0 Å². The largest absolute Gasteiger partial charge is 0.480 e. The van der Waals surface area contributed by atoms with Gasteiger partial charge in [0.05, 0.1) is 4.88 Å². The molecule has 0 saturated heterocycles. The van der Waals surface area contributed by atoms with Crippen LogP contribution >= 0.6 is 11.3 Å². The molecule has 1 heterocycles. The second-order valence-corrected chi connectivity index (χ2v) is 8.60. The van der Waals surface area contributed by atoms with Crippen molar-refractivity contribution < 1.29 is 14.7 Å². The van der Waals surface area contributed by atoms with Crippen LogP contribution in [0.2, 0.25) is 0 Å². The Labute approximate surface area is 201 Å². The van der Waals surface area contributed by atoms with Crippen molar-refractivity contribution in [3.63, 3.8) is 0 Å². The zero-order valence-electron chi connectivity index (χ0n) is 18.3. The monoisotopic (exact) mass is 475 g/mol. The summed E-state index contributed by atoms with van der Waals surface area (Å²) in [5.74, 6) is -1.61. The molecule has 2 aromatic carbocycles. The van der Waals surface area contributed by atoms with Gasteiger partial charge in [-0.15, -0.1) is 16.3 Å². The van der Waals surface area contributed by atoms with Gasteiger partial charge >= 0.3 is 5.97 Å². The van der Waals surface area contributed by atoms with Crippen LogP contribution in [0.3, 0.4) is 0 Å². The highest BCUT2D eigenvalue weighted by Gasteiger charge is 2.23. The molecule has 1 aromatic heterocycles. The SMILES string of the molecule is N#C/N=C(/N)NCCC[C@H](NC(=O)c1ccc(C(c2ccccc2)c2ccccc2)s1)C(=O)O. The smallest absolute Gasteiger partial charge is 0.326 e. The summed E-state index contributed by atoms with van der Waals surface area (Å²) in [5.41, 5.74) is 7.68. The molecule has 0 aliphatic heterocycles. The first-order valence-electron chi connectivity index (χ1n) is 10.7. The lowest BCUT2D eigenvalue weighted by Gasteiger charge is -2.17. The fraction of sp³-hybridized carbons (Fsp3) is 0.200. The number of thiophene rings is 1. The fourth-order valence-corrected chi connectivity index (χ4v) is 4.61. The normalized spacial score (nSPS) is 12.1. The van der Waals surface area contributed by atoms with Crippen LogP contribution in [0.15, 0.2) is 77.8 Å². The lowest BCUT2D eigenvalue weighted by Crippen LogP contribution is -2.41. The third-order valence-corrected chi connectivity index (χ3v) is 6.30. The molecule has 9 heteroatoms. The minimum Gasteiger partial charge on any atom is -0.480 e. The summed E-state index contributed by atoms with van der Waals surface area (Å²) in [4.78, 5) is 29.3. The molecule has 0 aliphatic rings. The van der Waals surface area contributed by atoms with Crippen LogP contribution in [0.25, 0.3) is 0 Å². The molecule has 0 radical (unpaired) electrons. The topological polar surface area (TPSA) is 141 Å². The van der Waals surface area contributed by atoms with Crippen molar-refractivity contribution in [2.75, 3.05) is 6.54 Å². The van der Waals surface area contributed by atoms with Crippen molar-refractivity contribution in [1.29, 1.82) is 5.26 Å². The minimum absolute atomic E-state index is 0.0316. The van der Waals surface area contributed by atoms with Gasteiger partial charge in [-0.1, -0.05) is 60.7 Å². The van der Waals surface area contributed by atoms with Crippen molar-refractivity contribution in [2.24, 2.45) is 10.7 Å². The molecule has 8 nitrogen and oxygen atoms in total. The third kappa shape index (κ3) is 6.67. The van der Waals surface area contributed by atoms with E-state index in [0.717, 1.165) is 16.0 Å². The number of nitrogens with one attached hydrogen (secondary N) is 2. The highest BCUT2D eigenvalue weighted by Crippen LogP contribution is 2.36. The number of aliphatic carboxylic acids is 1. The van der Waals surface area contributed by atoms with E-state index in [1.807, 2.05) is 42.5 Å². The maximum atomic E-state index is 12.8. The van der Waals surface area contributed by atoms with Crippen molar-refractivity contribution >= 4 is 29.2 Å². The predicted octanol–water partition coefficient (Wildman–Crippen LogP) is 3.28. The first-order chi connectivity index (χ1) is 16.5. The number of carbonyl (C=O) groups is 2. The van der Waals surface area contributed by atoms with E-state index in [0.29, 0.717) is 17.8 Å². The molecule has 1 amide bonds. The van der Waals surface area contributed by atoms with Gasteiger partial charge in [0.15, 0.2) is 0 Å². The Morgan fingerprint density at radius 2 is 1.65 bits per heavy atom. The molecule has 0 fully saturated rings. The van der Waals surface area contributed by atoms with Gasteiger partial charge in [0.2, 0.25) is 12.2 Å². The summed E-state index contributed by atoms with van der Waals surface area (Å²) in [7, 11) is 0. The summed E-state index contributed by atoms with van der Waals surface area (Å²) in [6, 6.07) is 22.7. The van der Waals surface area contributed by atoms with E-state index in [1.54, 1.807) is 12.3 Å². The molecule has 0 spiro atoms. The van der Waals surface area contributed by atoms with Crippen LogP contribution in [0.5, 0.6) is 0 Å². The molecule has 5 N–H and O–H groups in total. The van der Waals surface area contributed by atoms with Crippen LogP contribution in [0.1, 0.15) is 44.4 Å². The third-order valence-electron chi connectivity index (χ3n) is 5.15. The molecule has 3 aromatic rings. The molecule has 3 rings (SSSR count). The van der Waals surface area contributed by atoms with Crippen LogP contribution in [0.4, 0.5) is 0 Å². The molecule has 0 saturated carbocycles. The van der Waals surface area contributed by atoms with Gasteiger partial charge < -0.3 is 21.5 Å². The number of carboxylic acids is 1. The number of hydrogen-bond donors (Lipinski definition) is 4. The standard InChI is InChI=1S/C25H25N5O3S/c26-16-29-25(27)28-15-7-12-19(24(32)33)30-23(31)21-14-13-20(34-21)22(17-8-3-1-4-9-17)18-10-5-2-6-11-18/h1-6,8-11,13-14,19,22H,7,12,15H2,(H,30,31)(H,32,33)(H3,27,28,29)/t19-/m0/s1. The van der Waals surface area contributed by atoms with Gasteiger partial charge in [0, 0.05) is 17.3 Å². The van der Waals surface area contributed by atoms with Crippen molar-refractivity contribution in [3.05, 3.63) is 93.7 Å². The van der Waals surface area contributed by atoms with Crippen LogP contribution in [-0.2, 0) is 4.79 Å². The van der Waals surface area contributed by atoms with E-state index >= 15 is 0 Å². The Balaban J connectivity index is 1.71. The number of carboxylic acid groups (broad SMARTS) is 1. The van der Waals surface area contributed by atoms with Gasteiger partial charge in [-0.25, -0.2) is 4.79 Å². The molecule has 0 unspecified atom stereocenters. The zero-order chi connectivity index (χ0) is 24.3. The molecular weight excluding hydrogens is 450 g/mol. The van der Waals surface area contributed by atoms with Gasteiger partial charge in [0.25, 0.3) is 5.91 Å². The summed E-state index contributed by atoms with van der Waals surface area (Å²) < 4.78 is 0. The number of nitrogens with two attached hydrogens (primary N) is 1. The number of rotatable bonds is 10. The van der Waals surface area contributed by atoms with Gasteiger partial charge in [-0.2, -0.15) is 5.26 Å². The number of guanidine groups is 1. The maximum Gasteiger partial charge on any atom is 0.326 e. The van der Waals surface area contributed by atoms with E-state index in [-0.39, 0.29) is 18.3 Å². The summed E-state index contributed by atoms with van der Waals surface area (Å²) >= 11 is 1.35. The van der Waals surface area contributed by atoms with Gasteiger partial charge in [-0.05, 0) is 36.1 Å². The van der Waals surface area contributed by atoms with E-state index in [2.05, 4.69) is 39.9 Å². The highest BCUT2D eigenvalue weighted by atomic mass is 32.1. The average molecular weight is 476 g/mol. The highest BCUT2D eigenvalue weighted by molar-refractivity contribution is 7.14. The molecule has 1 atom stereocenters. The second-order valence-electron chi connectivity index (χ2n) is 7.49. The minimum atomic E-state index is -1.12. The number of aliphatic imine (C=N–C) groups is 1. The number of nitriles is 1. The predicted molar refractivity (Wildman–Crippen MR) is 132 cm³/mol. The lowest BCUT2D eigenvalue weighted by atomic mass is 9.90.